The van der Waals surface area contributed by atoms with Gasteiger partial charge in [-0.15, -0.1) is 0 Å². The van der Waals surface area contributed by atoms with Crippen LogP contribution in [0.2, 0.25) is 0 Å². The lowest BCUT2D eigenvalue weighted by Crippen LogP contribution is -2.60. The highest BCUT2D eigenvalue weighted by Crippen LogP contribution is 2.60. The van der Waals surface area contributed by atoms with Crippen LogP contribution in [0, 0.1) is 0 Å². The summed E-state index contributed by atoms with van der Waals surface area (Å²) < 4.78 is 17.7. The smallest absolute Gasteiger partial charge is 0.307 e. The number of phenolic OH excluding ortho intramolecular Hbond substituents is 2. The molecule has 2 fully saturated rings. The monoisotopic (exact) mass is 532 g/mol. The van der Waals surface area contributed by atoms with E-state index in [1.165, 1.54) is 6.92 Å². The van der Waals surface area contributed by atoms with Crippen molar-refractivity contribution in [1.82, 2.24) is 0 Å². The number of fused-ring (bicyclic) bond motifs is 3. The van der Waals surface area contributed by atoms with Gasteiger partial charge in [-0.05, 0) is 20.3 Å². The number of ether oxygens (including phenoxy) is 3. The number of carboxylic acids is 1. The number of rotatable bonds is 5. The fourth-order valence-electron chi connectivity index (χ4n) is 5.80. The predicted octanol–water partition coefficient (Wildman–Crippen LogP) is 1.49. The van der Waals surface area contributed by atoms with E-state index in [1.54, 1.807) is 6.92 Å². The van der Waals surface area contributed by atoms with Crippen molar-refractivity contribution in [1.29, 1.82) is 0 Å². The maximum Gasteiger partial charge on any atom is 0.307 e. The molecule has 1 aromatic rings. The molecule has 38 heavy (non-hydrogen) atoms. The first-order chi connectivity index (χ1) is 17.9. The molecule has 12 heteroatoms. The van der Waals surface area contributed by atoms with E-state index in [-0.39, 0.29) is 17.5 Å². The van der Waals surface area contributed by atoms with Gasteiger partial charge >= 0.3 is 5.97 Å². The minimum Gasteiger partial charge on any atom is -0.507 e. The number of carbonyl (C=O) groups excluding carboxylic acids is 2. The molecule has 2 aliphatic carbocycles. The number of carbonyl (C=O) groups is 3. The average molecular weight is 532 g/mol. The zero-order chi connectivity index (χ0) is 27.7. The summed E-state index contributed by atoms with van der Waals surface area (Å²) in [6.07, 6.45) is -2.53. The molecular formula is C26H28O12. The predicted molar refractivity (Wildman–Crippen MR) is 126 cm³/mol. The van der Waals surface area contributed by atoms with Gasteiger partial charge in [0.05, 0.1) is 53.6 Å². The third kappa shape index (κ3) is 3.75. The van der Waals surface area contributed by atoms with Gasteiger partial charge in [-0.3, -0.25) is 14.4 Å². The van der Waals surface area contributed by atoms with Gasteiger partial charge in [-0.1, -0.05) is 12.2 Å². The highest BCUT2D eigenvalue weighted by Gasteiger charge is 2.61. The van der Waals surface area contributed by atoms with Crippen LogP contribution in [-0.4, -0.2) is 78.9 Å². The number of aliphatic hydroxyl groups is 3. The maximum atomic E-state index is 13.1. The summed E-state index contributed by atoms with van der Waals surface area (Å²) in [4.78, 5) is 36.7. The molecule has 0 radical (unpaired) electrons. The van der Waals surface area contributed by atoms with Crippen molar-refractivity contribution in [3.8, 4) is 11.5 Å². The Hall–Kier alpha value is -3.29. The van der Waals surface area contributed by atoms with Crippen molar-refractivity contribution >= 4 is 23.3 Å². The summed E-state index contributed by atoms with van der Waals surface area (Å²) in [5.74, 6) is -5.95. The van der Waals surface area contributed by atoms with Crippen molar-refractivity contribution in [2.24, 2.45) is 0 Å². The molecule has 12 nitrogen and oxygen atoms in total. The van der Waals surface area contributed by atoms with Crippen molar-refractivity contribution in [3.05, 3.63) is 40.0 Å². The molecule has 3 aliphatic heterocycles. The van der Waals surface area contributed by atoms with Crippen LogP contribution >= 0.6 is 0 Å². The van der Waals surface area contributed by atoms with Gasteiger partial charge in [0.1, 0.15) is 22.9 Å². The number of hydrogen-bond acceptors (Lipinski definition) is 11. The highest BCUT2D eigenvalue weighted by atomic mass is 16.7. The molecule has 0 spiro atoms. The number of allylic oxidation sites excluding steroid dienone is 2. The molecule has 2 saturated heterocycles. The quantitative estimate of drug-likeness (QED) is 0.236. The molecule has 5 aliphatic rings. The van der Waals surface area contributed by atoms with E-state index >= 15 is 0 Å². The maximum absolute atomic E-state index is 13.1. The van der Waals surface area contributed by atoms with Crippen molar-refractivity contribution in [2.75, 3.05) is 0 Å². The number of ketones is 2. The lowest BCUT2D eigenvalue weighted by Gasteiger charge is -2.54. The molecule has 7 atom stereocenters. The Morgan fingerprint density at radius 2 is 1.79 bits per heavy atom. The third-order valence-electron chi connectivity index (χ3n) is 7.78. The molecule has 7 unspecified atom stereocenters. The first-order valence-corrected chi connectivity index (χ1v) is 12.3. The van der Waals surface area contributed by atoms with E-state index in [1.807, 2.05) is 0 Å². The fourth-order valence-corrected chi connectivity index (χ4v) is 5.80. The van der Waals surface area contributed by atoms with Gasteiger partial charge in [0, 0.05) is 24.0 Å². The molecule has 0 saturated carbocycles. The van der Waals surface area contributed by atoms with E-state index in [9.17, 15) is 39.9 Å². The van der Waals surface area contributed by atoms with Crippen LogP contribution in [0.4, 0.5) is 0 Å². The first kappa shape index (κ1) is 26.3. The Morgan fingerprint density at radius 1 is 1.08 bits per heavy atom. The molecular weight excluding hydrogens is 504 g/mol. The largest absolute Gasteiger partial charge is 0.507 e. The third-order valence-corrected chi connectivity index (χ3v) is 7.78. The van der Waals surface area contributed by atoms with Crippen LogP contribution in [-0.2, 0) is 29.4 Å². The minimum atomic E-state index is -2.08. The SMILES string of the molecule is CC1OC(OC2CC3OC(C)C2(O)c2c(O)c4c(c(O)c23)C(O)=C(C=CCC(=O)O)C(=O)C4=O)CCC1O. The normalized spacial score (nSPS) is 34.5. The molecule has 6 N–H and O–H groups in total. The summed E-state index contributed by atoms with van der Waals surface area (Å²) in [6, 6.07) is 0. The van der Waals surface area contributed by atoms with Crippen LogP contribution in [0.1, 0.15) is 72.7 Å². The summed E-state index contributed by atoms with van der Waals surface area (Å²) in [5, 5.41) is 64.1. The Kier molecular flexibility index (Phi) is 6.35. The van der Waals surface area contributed by atoms with E-state index in [4.69, 9.17) is 19.3 Å². The molecule has 204 valence electrons. The number of aromatic hydroxyl groups is 2. The second kappa shape index (κ2) is 9.17. The number of phenols is 2. The average Bonchev–Trinajstić information content (AvgIpc) is 2.85. The van der Waals surface area contributed by atoms with Gasteiger partial charge in [0.2, 0.25) is 11.6 Å². The molecule has 0 aromatic heterocycles. The number of carboxylic acid groups (broad SMARTS) is 1. The van der Waals surface area contributed by atoms with Crippen molar-refractivity contribution < 1.29 is 59.2 Å². The summed E-state index contributed by atoms with van der Waals surface area (Å²) in [7, 11) is 0. The Labute approximate surface area is 216 Å². The first-order valence-electron chi connectivity index (χ1n) is 12.3. The Bertz CT molecular complexity index is 1300. The Balaban J connectivity index is 1.62. The second-order valence-corrected chi connectivity index (χ2v) is 10.0. The lowest BCUT2D eigenvalue weighted by molar-refractivity contribution is -0.311. The lowest BCUT2D eigenvalue weighted by atomic mass is 9.67. The van der Waals surface area contributed by atoms with Crippen molar-refractivity contribution in [2.45, 2.75) is 81.9 Å². The second-order valence-electron chi connectivity index (χ2n) is 10.0. The minimum absolute atomic E-state index is 0.0269. The summed E-state index contributed by atoms with van der Waals surface area (Å²) >= 11 is 0. The number of aliphatic hydroxyl groups excluding tert-OH is 2. The van der Waals surface area contributed by atoms with E-state index in [0.29, 0.717) is 12.8 Å². The van der Waals surface area contributed by atoms with Crippen LogP contribution in [0.3, 0.4) is 0 Å². The molecule has 1 aromatic carbocycles. The van der Waals surface area contributed by atoms with Gasteiger partial charge in [0.25, 0.3) is 0 Å². The highest BCUT2D eigenvalue weighted by molar-refractivity contribution is 6.53. The zero-order valence-electron chi connectivity index (χ0n) is 20.6. The number of Topliss-reactive ketones (excluding diaryl/α,β-unsaturated/α-hetero) is 2. The van der Waals surface area contributed by atoms with E-state index in [0.717, 1.165) is 12.2 Å². The fraction of sp³-hybridized carbons (Fsp3) is 0.500. The summed E-state index contributed by atoms with van der Waals surface area (Å²) in [6.45, 7) is 3.22. The number of hydrogen-bond donors (Lipinski definition) is 6. The topological polar surface area (TPSA) is 200 Å². The van der Waals surface area contributed by atoms with Gasteiger partial charge < -0.3 is 44.8 Å². The molecule has 0 amide bonds. The standard InChI is InChI=1S/C26H28O12/c1-9-12(27)6-7-16(36-9)38-14-8-13-17-20(26(14,35)10(2)37-13)24(33)19-18(23(17)32)21(30)11(22(31)25(19)34)4-3-5-15(28)29/h3-4,9-10,12-14,16,27,30,32-33,35H,5-8H2,1-2H3,(H,28,29). The summed E-state index contributed by atoms with van der Waals surface area (Å²) in [5.41, 5.74) is -4.11. The van der Waals surface area contributed by atoms with Crippen LogP contribution < -0.4 is 0 Å². The van der Waals surface area contributed by atoms with Crippen molar-refractivity contribution in [3.63, 3.8) is 0 Å². The van der Waals surface area contributed by atoms with E-state index < -0.39 is 100 Å². The van der Waals surface area contributed by atoms with Gasteiger partial charge in [-0.25, -0.2) is 0 Å². The van der Waals surface area contributed by atoms with E-state index in [2.05, 4.69) is 0 Å². The van der Waals surface area contributed by atoms with Crippen LogP contribution in [0.5, 0.6) is 11.5 Å². The van der Waals surface area contributed by atoms with Gasteiger partial charge in [0.15, 0.2) is 6.29 Å². The molecule has 6 rings (SSSR count). The molecule has 3 heterocycles. The van der Waals surface area contributed by atoms with Gasteiger partial charge in [-0.2, -0.15) is 0 Å². The number of aliphatic carboxylic acids is 1. The molecule has 2 bridgehead atoms. The number of benzene rings is 1. The Morgan fingerprint density at radius 3 is 2.45 bits per heavy atom. The van der Waals surface area contributed by atoms with Crippen LogP contribution in [0.25, 0.3) is 5.76 Å². The zero-order valence-corrected chi connectivity index (χ0v) is 20.6. The van der Waals surface area contributed by atoms with Crippen LogP contribution in [0.15, 0.2) is 17.7 Å².